The largest absolute Gasteiger partial charge is 0.208 e. The summed E-state index contributed by atoms with van der Waals surface area (Å²) in [6.45, 7) is 0. The first-order valence-electron chi connectivity index (χ1n) is 20.4. The minimum Gasteiger partial charge on any atom is -0.208 e. The van der Waals surface area contributed by atoms with E-state index in [2.05, 4.69) is 97.1 Å². The Bertz CT molecular complexity index is 3010. The van der Waals surface area contributed by atoms with Crippen LogP contribution in [-0.2, 0) is 5.41 Å². The molecule has 0 N–H and O–H groups in total. The number of benzene rings is 8. The molecule has 0 saturated carbocycles. The Balaban J connectivity index is 1.28. The van der Waals surface area contributed by atoms with Crippen LogP contribution in [0, 0.1) is 0 Å². The first-order chi connectivity index (χ1) is 30.2. The fourth-order valence-electron chi connectivity index (χ4n) is 8.72. The molecule has 6 nitrogen and oxygen atoms in total. The van der Waals surface area contributed by atoms with Crippen molar-refractivity contribution in [1.29, 1.82) is 0 Å². The van der Waals surface area contributed by atoms with Crippen molar-refractivity contribution in [2.24, 2.45) is 0 Å². The highest BCUT2D eigenvalue weighted by atomic mass is 15.1. The zero-order chi connectivity index (χ0) is 40.6. The average Bonchev–Trinajstić information content (AvgIpc) is 3.65. The fraction of sp³-hybridized carbons (Fsp3) is 0.0182. The van der Waals surface area contributed by atoms with Gasteiger partial charge in [0, 0.05) is 33.4 Å². The zero-order valence-electron chi connectivity index (χ0n) is 33.0. The summed E-state index contributed by atoms with van der Waals surface area (Å²) < 4.78 is 0. The van der Waals surface area contributed by atoms with E-state index in [9.17, 15) is 0 Å². The van der Waals surface area contributed by atoms with E-state index in [1.807, 2.05) is 121 Å². The zero-order valence-corrected chi connectivity index (χ0v) is 33.0. The summed E-state index contributed by atoms with van der Waals surface area (Å²) in [7, 11) is 0. The van der Waals surface area contributed by atoms with Gasteiger partial charge in [0.25, 0.3) is 0 Å². The van der Waals surface area contributed by atoms with E-state index in [4.69, 9.17) is 29.9 Å². The molecule has 0 unspecified atom stereocenters. The lowest BCUT2D eigenvalue weighted by molar-refractivity contribution is 0.768. The van der Waals surface area contributed by atoms with Crippen LogP contribution in [0.4, 0.5) is 0 Å². The Morgan fingerprint density at radius 3 is 0.934 bits per heavy atom. The van der Waals surface area contributed by atoms with E-state index in [1.54, 1.807) is 0 Å². The molecule has 2 heterocycles. The molecule has 0 amide bonds. The highest BCUT2D eigenvalue weighted by Gasteiger charge is 2.46. The Hall–Kier alpha value is -8.22. The molecule has 1 aliphatic rings. The molecular formula is C55H36N6. The first-order valence-corrected chi connectivity index (χ1v) is 20.4. The summed E-state index contributed by atoms with van der Waals surface area (Å²) in [5, 5.41) is 0. The van der Waals surface area contributed by atoms with Crippen LogP contribution in [0.15, 0.2) is 218 Å². The van der Waals surface area contributed by atoms with Crippen LogP contribution < -0.4 is 0 Å². The molecule has 6 heteroatoms. The first kappa shape index (κ1) is 35.9. The summed E-state index contributed by atoms with van der Waals surface area (Å²) in [5.74, 6) is 3.32. The second-order valence-electron chi connectivity index (χ2n) is 15.0. The van der Waals surface area contributed by atoms with Crippen LogP contribution in [0.2, 0.25) is 0 Å². The second-order valence-corrected chi connectivity index (χ2v) is 15.0. The van der Waals surface area contributed by atoms with Gasteiger partial charge in [0.2, 0.25) is 0 Å². The van der Waals surface area contributed by atoms with Gasteiger partial charge in [-0.1, -0.05) is 206 Å². The Kier molecular flexibility index (Phi) is 8.94. The van der Waals surface area contributed by atoms with Crippen molar-refractivity contribution in [3.63, 3.8) is 0 Å². The standard InChI is InChI=1S/C55H36N6/c1-7-21-37(22-8-1)49-56-50(38-23-9-2-10-24-38)59-53(58-49)45-35-44-43-33-19-20-34-47(43)55(41-29-15-5-16-30-41,42-31-17-6-18-32-42)48(44)36-46(45)54-60-51(39-25-11-3-12-26-39)57-52(61-54)40-27-13-4-14-28-40/h1-36H. The maximum atomic E-state index is 5.32. The number of rotatable bonds is 8. The predicted molar refractivity (Wildman–Crippen MR) is 243 cm³/mol. The van der Waals surface area contributed by atoms with Crippen LogP contribution in [-0.4, -0.2) is 29.9 Å². The lowest BCUT2D eigenvalue weighted by Crippen LogP contribution is -2.28. The molecule has 0 fully saturated rings. The quantitative estimate of drug-likeness (QED) is 0.153. The second kappa shape index (κ2) is 15.2. The fourth-order valence-corrected chi connectivity index (χ4v) is 8.72. The van der Waals surface area contributed by atoms with Gasteiger partial charge < -0.3 is 0 Å². The van der Waals surface area contributed by atoms with Crippen molar-refractivity contribution in [2.45, 2.75) is 5.41 Å². The van der Waals surface area contributed by atoms with Crippen LogP contribution >= 0.6 is 0 Å². The summed E-state index contributed by atoms with van der Waals surface area (Å²) in [6.07, 6.45) is 0. The summed E-state index contributed by atoms with van der Waals surface area (Å²) >= 11 is 0. The summed E-state index contributed by atoms with van der Waals surface area (Å²) in [6, 6.07) is 75.3. The topological polar surface area (TPSA) is 77.3 Å². The van der Waals surface area contributed by atoms with Gasteiger partial charge in [-0.15, -0.1) is 0 Å². The van der Waals surface area contributed by atoms with Gasteiger partial charge in [-0.25, -0.2) is 29.9 Å². The normalized spacial score (nSPS) is 12.4. The van der Waals surface area contributed by atoms with Crippen molar-refractivity contribution in [3.8, 4) is 79.5 Å². The molecule has 0 radical (unpaired) electrons. The van der Waals surface area contributed by atoms with Crippen LogP contribution in [0.5, 0.6) is 0 Å². The van der Waals surface area contributed by atoms with Crippen LogP contribution in [0.3, 0.4) is 0 Å². The Morgan fingerprint density at radius 2 is 0.541 bits per heavy atom. The highest BCUT2D eigenvalue weighted by Crippen LogP contribution is 2.57. The molecule has 0 aliphatic heterocycles. The molecule has 1 aliphatic carbocycles. The lowest BCUT2D eigenvalue weighted by Gasteiger charge is -2.34. The third kappa shape index (κ3) is 6.29. The number of aromatic nitrogens is 6. The molecule has 286 valence electrons. The molecule has 2 aromatic heterocycles. The van der Waals surface area contributed by atoms with Gasteiger partial charge in [0.15, 0.2) is 34.9 Å². The van der Waals surface area contributed by atoms with Gasteiger partial charge in [-0.3, -0.25) is 0 Å². The van der Waals surface area contributed by atoms with Crippen LogP contribution in [0.1, 0.15) is 22.3 Å². The maximum Gasteiger partial charge on any atom is 0.164 e. The van der Waals surface area contributed by atoms with Crippen molar-refractivity contribution in [1.82, 2.24) is 29.9 Å². The molecule has 0 saturated heterocycles. The van der Waals surface area contributed by atoms with Crippen molar-refractivity contribution >= 4 is 0 Å². The highest BCUT2D eigenvalue weighted by molar-refractivity contribution is 5.93. The minimum absolute atomic E-state index is 0.513. The van der Waals surface area contributed by atoms with E-state index in [0.29, 0.717) is 34.9 Å². The van der Waals surface area contributed by atoms with E-state index in [-0.39, 0.29) is 0 Å². The maximum absolute atomic E-state index is 5.32. The number of fused-ring (bicyclic) bond motifs is 3. The summed E-state index contributed by atoms with van der Waals surface area (Å²) in [4.78, 5) is 31.3. The van der Waals surface area contributed by atoms with E-state index < -0.39 is 5.41 Å². The van der Waals surface area contributed by atoms with Gasteiger partial charge >= 0.3 is 0 Å². The number of hydrogen-bond donors (Lipinski definition) is 0. The third-order valence-electron chi connectivity index (χ3n) is 11.5. The van der Waals surface area contributed by atoms with Gasteiger partial charge in [0.1, 0.15) is 0 Å². The minimum atomic E-state index is -0.664. The lowest BCUT2D eigenvalue weighted by atomic mass is 9.67. The van der Waals surface area contributed by atoms with Crippen molar-refractivity contribution in [3.05, 3.63) is 241 Å². The van der Waals surface area contributed by atoms with Crippen molar-refractivity contribution in [2.75, 3.05) is 0 Å². The molecule has 8 aromatic carbocycles. The van der Waals surface area contributed by atoms with Gasteiger partial charge in [-0.2, -0.15) is 0 Å². The number of nitrogens with zero attached hydrogens (tertiary/aromatic N) is 6. The molecule has 10 aromatic rings. The SMILES string of the molecule is c1ccc(-c2nc(-c3ccccc3)nc(-c3cc4c(cc3-c3nc(-c5ccccc5)nc(-c5ccccc5)n3)C(c3ccccc3)(c3ccccc3)c3ccccc3-4)n2)cc1. The van der Waals surface area contributed by atoms with Gasteiger partial charge in [0.05, 0.1) is 5.41 Å². The Labute approximate surface area is 354 Å². The third-order valence-corrected chi connectivity index (χ3v) is 11.5. The molecule has 61 heavy (non-hydrogen) atoms. The molecule has 0 spiro atoms. The van der Waals surface area contributed by atoms with E-state index >= 15 is 0 Å². The predicted octanol–water partition coefficient (Wildman–Crippen LogP) is 12.4. The monoisotopic (exact) mass is 780 g/mol. The molecule has 11 rings (SSSR count). The van der Waals surface area contributed by atoms with Crippen molar-refractivity contribution < 1.29 is 0 Å². The number of hydrogen-bond acceptors (Lipinski definition) is 6. The van der Waals surface area contributed by atoms with Crippen LogP contribution in [0.25, 0.3) is 79.5 Å². The van der Waals surface area contributed by atoms with Gasteiger partial charge in [-0.05, 0) is 45.5 Å². The van der Waals surface area contributed by atoms with E-state index in [1.165, 1.54) is 5.56 Å². The Morgan fingerprint density at radius 1 is 0.230 bits per heavy atom. The molecule has 0 bridgehead atoms. The molecule has 0 atom stereocenters. The molecular weight excluding hydrogens is 745 g/mol. The smallest absolute Gasteiger partial charge is 0.164 e. The average molecular weight is 781 g/mol. The summed E-state index contributed by atoms with van der Waals surface area (Å²) in [5.41, 5.74) is 11.3. The van der Waals surface area contributed by atoms with E-state index in [0.717, 1.165) is 61.2 Å².